The van der Waals surface area contributed by atoms with Gasteiger partial charge in [-0.2, -0.15) is 0 Å². The van der Waals surface area contributed by atoms with Crippen LogP contribution in [-0.2, 0) is 0 Å². The van der Waals surface area contributed by atoms with E-state index in [1.807, 2.05) is 6.07 Å². The van der Waals surface area contributed by atoms with Crippen LogP contribution in [-0.4, -0.2) is 5.78 Å². The highest BCUT2D eigenvalue weighted by atomic mass is 79.9. The first-order valence-electron chi connectivity index (χ1n) is 5.10. The molecule has 0 saturated heterocycles. The van der Waals surface area contributed by atoms with E-state index in [1.54, 1.807) is 30.7 Å². The van der Waals surface area contributed by atoms with Crippen molar-refractivity contribution >= 4 is 43.7 Å². The average Bonchev–Trinajstić information content (AvgIpc) is 2.91. The number of fused-ring (bicyclic) bond motifs is 1. The van der Waals surface area contributed by atoms with Crippen LogP contribution in [0.5, 0.6) is 5.75 Å². The Kier molecular flexibility index (Phi) is 2.87. The SMILES string of the molecule is O=C1/C(=C/c2ccoc2)Oc2c(Br)cc(Br)cc21. The number of benzene rings is 1. The van der Waals surface area contributed by atoms with E-state index >= 15 is 0 Å². The maximum absolute atomic E-state index is 12.2. The lowest BCUT2D eigenvalue weighted by atomic mass is 10.1. The van der Waals surface area contributed by atoms with Gasteiger partial charge in [-0.1, -0.05) is 15.9 Å². The zero-order chi connectivity index (χ0) is 12.7. The fraction of sp³-hybridized carbons (Fsp3) is 0. The zero-order valence-electron chi connectivity index (χ0n) is 8.94. The molecule has 18 heavy (non-hydrogen) atoms. The Morgan fingerprint density at radius 1 is 1.22 bits per heavy atom. The van der Waals surface area contributed by atoms with E-state index in [0.29, 0.717) is 17.1 Å². The van der Waals surface area contributed by atoms with Gasteiger partial charge in [-0.05, 0) is 40.2 Å². The zero-order valence-corrected chi connectivity index (χ0v) is 12.1. The third-order valence-corrected chi connectivity index (χ3v) is 3.58. The first-order valence-corrected chi connectivity index (χ1v) is 6.69. The second-order valence-corrected chi connectivity index (χ2v) is 5.53. The summed E-state index contributed by atoms with van der Waals surface area (Å²) >= 11 is 6.73. The van der Waals surface area contributed by atoms with Crippen molar-refractivity contribution in [3.63, 3.8) is 0 Å². The highest BCUT2D eigenvalue weighted by Gasteiger charge is 2.29. The van der Waals surface area contributed by atoms with Gasteiger partial charge in [0.15, 0.2) is 11.5 Å². The lowest BCUT2D eigenvalue weighted by Crippen LogP contribution is -1.97. The monoisotopic (exact) mass is 368 g/mol. The molecule has 0 unspecified atom stereocenters. The van der Waals surface area contributed by atoms with Crippen molar-refractivity contribution in [1.82, 2.24) is 0 Å². The van der Waals surface area contributed by atoms with Crippen molar-refractivity contribution in [3.8, 4) is 5.75 Å². The van der Waals surface area contributed by atoms with Crippen molar-refractivity contribution in [1.29, 1.82) is 0 Å². The molecule has 2 aromatic rings. The van der Waals surface area contributed by atoms with E-state index in [-0.39, 0.29) is 5.78 Å². The molecule has 0 bridgehead atoms. The summed E-state index contributed by atoms with van der Waals surface area (Å²) in [6, 6.07) is 5.35. The van der Waals surface area contributed by atoms with Crippen LogP contribution in [0.25, 0.3) is 6.08 Å². The highest BCUT2D eigenvalue weighted by Crippen LogP contribution is 2.40. The lowest BCUT2D eigenvalue weighted by Gasteiger charge is -2.00. The van der Waals surface area contributed by atoms with Crippen LogP contribution in [0.2, 0.25) is 0 Å². The molecule has 1 aromatic carbocycles. The van der Waals surface area contributed by atoms with Crippen molar-refractivity contribution < 1.29 is 13.9 Å². The number of ketones is 1. The van der Waals surface area contributed by atoms with Gasteiger partial charge in [0.1, 0.15) is 0 Å². The van der Waals surface area contributed by atoms with Gasteiger partial charge in [0.05, 0.1) is 22.6 Å². The Morgan fingerprint density at radius 2 is 2.06 bits per heavy atom. The standard InChI is InChI=1S/C13H6Br2O3/c14-8-4-9-12(16)11(3-7-1-2-17-6-7)18-13(9)10(15)5-8/h1-6H/b11-3-. The summed E-state index contributed by atoms with van der Waals surface area (Å²) in [4.78, 5) is 12.2. The molecule has 0 atom stereocenters. The molecular formula is C13H6Br2O3. The first-order chi connectivity index (χ1) is 8.65. The van der Waals surface area contributed by atoms with Gasteiger partial charge < -0.3 is 9.15 Å². The van der Waals surface area contributed by atoms with Crippen LogP contribution >= 0.6 is 31.9 Å². The van der Waals surface area contributed by atoms with Gasteiger partial charge in [0, 0.05) is 10.0 Å². The third kappa shape index (κ3) is 1.93. The van der Waals surface area contributed by atoms with Crippen LogP contribution in [0.3, 0.4) is 0 Å². The molecule has 0 amide bonds. The van der Waals surface area contributed by atoms with Crippen molar-refractivity contribution in [3.05, 3.63) is 56.6 Å². The van der Waals surface area contributed by atoms with Gasteiger partial charge in [0.2, 0.25) is 5.78 Å². The molecule has 1 aromatic heterocycles. The Labute approximate surface area is 120 Å². The summed E-state index contributed by atoms with van der Waals surface area (Å²) in [7, 11) is 0. The van der Waals surface area contributed by atoms with Gasteiger partial charge in [0.25, 0.3) is 0 Å². The fourth-order valence-corrected chi connectivity index (χ4v) is 3.03. The average molecular weight is 370 g/mol. The molecule has 90 valence electrons. The number of furan rings is 1. The topological polar surface area (TPSA) is 39.4 Å². The number of halogens is 2. The summed E-state index contributed by atoms with van der Waals surface area (Å²) in [6.45, 7) is 0. The summed E-state index contributed by atoms with van der Waals surface area (Å²) in [5.41, 5.74) is 1.34. The van der Waals surface area contributed by atoms with Crippen LogP contribution in [0.1, 0.15) is 15.9 Å². The van der Waals surface area contributed by atoms with E-state index in [2.05, 4.69) is 31.9 Å². The first kappa shape index (κ1) is 11.7. The summed E-state index contributed by atoms with van der Waals surface area (Å²) in [5.74, 6) is 0.719. The number of ether oxygens (including phenoxy) is 1. The van der Waals surface area contributed by atoms with Crippen molar-refractivity contribution in [2.45, 2.75) is 0 Å². The number of Topliss-reactive ketones (excluding diaryl/α,β-unsaturated/α-hetero) is 1. The third-order valence-electron chi connectivity index (χ3n) is 2.53. The Morgan fingerprint density at radius 3 is 2.78 bits per heavy atom. The molecule has 0 saturated carbocycles. The quantitative estimate of drug-likeness (QED) is 0.698. The molecule has 1 aliphatic heterocycles. The molecule has 0 aliphatic carbocycles. The molecule has 0 fully saturated rings. The smallest absolute Gasteiger partial charge is 0.232 e. The second-order valence-electron chi connectivity index (χ2n) is 3.76. The number of carbonyl (C=O) groups is 1. The summed E-state index contributed by atoms with van der Waals surface area (Å²) in [6.07, 6.45) is 4.76. The lowest BCUT2D eigenvalue weighted by molar-refractivity contribution is 0.101. The number of rotatable bonds is 1. The molecule has 1 aliphatic rings. The predicted octanol–water partition coefficient (Wildman–Crippen LogP) is 4.42. The molecule has 0 radical (unpaired) electrons. The summed E-state index contributed by atoms with van der Waals surface area (Å²) in [5, 5.41) is 0. The number of allylic oxidation sites excluding steroid dienone is 1. The maximum atomic E-state index is 12.2. The molecular weight excluding hydrogens is 364 g/mol. The Bertz CT molecular complexity index is 657. The molecule has 3 rings (SSSR count). The van der Waals surface area contributed by atoms with Crippen molar-refractivity contribution in [2.75, 3.05) is 0 Å². The Balaban J connectivity index is 2.07. The minimum Gasteiger partial charge on any atom is -0.472 e. The molecule has 5 heteroatoms. The minimum atomic E-state index is -0.131. The maximum Gasteiger partial charge on any atom is 0.232 e. The normalized spacial score (nSPS) is 15.9. The van der Waals surface area contributed by atoms with E-state index in [1.165, 1.54) is 0 Å². The van der Waals surface area contributed by atoms with E-state index in [0.717, 1.165) is 14.5 Å². The molecule has 3 nitrogen and oxygen atoms in total. The molecule has 0 N–H and O–H groups in total. The molecule has 2 heterocycles. The van der Waals surface area contributed by atoms with Crippen LogP contribution in [0, 0.1) is 0 Å². The van der Waals surface area contributed by atoms with Crippen LogP contribution in [0.15, 0.2) is 49.8 Å². The van der Waals surface area contributed by atoms with E-state index in [9.17, 15) is 4.79 Å². The number of hydrogen-bond acceptors (Lipinski definition) is 3. The van der Waals surface area contributed by atoms with E-state index in [4.69, 9.17) is 9.15 Å². The molecule has 0 spiro atoms. The van der Waals surface area contributed by atoms with Gasteiger partial charge in [-0.25, -0.2) is 0 Å². The second kappa shape index (κ2) is 4.40. The van der Waals surface area contributed by atoms with E-state index < -0.39 is 0 Å². The highest BCUT2D eigenvalue weighted by molar-refractivity contribution is 9.11. The minimum absolute atomic E-state index is 0.131. The largest absolute Gasteiger partial charge is 0.472 e. The number of hydrogen-bond donors (Lipinski definition) is 0. The van der Waals surface area contributed by atoms with Crippen LogP contribution < -0.4 is 4.74 Å². The number of carbonyl (C=O) groups excluding carboxylic acids is 1. The van der Waals surface area contributed by atoms with Gasteiger partial charge in [-0.3, -0.25) is 4.79 Å². The van der Waals surface area contributed by atoms with Gasteiger partial charge >= 0.3 is 0 Å². The fourth-order valence-electron chi connectivity index (χ4n) is 1.73. The Hall–Kier alpha value is -1.33. The summed E-state index contributed by atoms with van der Waals surface area (Å²) < 4.78 is 12.1. The predicted molar refractivity (Wildman–Crippen MR) is 73.5 cm³/mol. The van der Waals surface area contributed by atoms with Crippen molar-refractivity contribution in [2.24, 2.45) is 0 Å². The van der Waals surface area contributed by atoms with Gasteiger partial charge in [-0.15, -0.1) is 0 Å². The van der Waals surface area contributed by atoms with Crippen LogP contribution in [0.4, 0.5) is 0 Å².